The fourth-order valence-electron chi connectivity index (χ4n) is 3.29. The van der Waals surface area contributed by atoms with E-state index in [0.29, 0.717) is 22.5 Å². The van der Waals surface area contributed by atoms with E-state index in [1.807, 2.05) is 85.8 Å². The number of amides is 2. The molecule has 0 saturated heterocycles. The molecular formula is C30H29N3O3. The van der Waals surface area contributed by atoms with E-state index in [9.17, 15) is 9.59 Å². The lowest BCUT2D eigenvalue weighted by Crippen LogP contribution is -2.12. The summed E-state index contributed by atoms with van der Waals surface area (Å²) in [6.45, 7) is 1.98. The highest BCUT2D eigenvalue weighted by atomic mass is 16.5. The summed E-state index contributed by atoms with van der Waals surface area (Å²) < 4.78 is 5.09. The Morgan fingerprint density at radius 2 is 1.39 bits per heavy atom. The molecule has 0 aliphatic rings. The number of carbonyl (C=O) groups excluding carboxylic acids is 2. The summed E-state index contributed by atoms with van der Waals surface area (Å²) in [5.41, 5.74) is 16.4. The number of nitrogen functional groups attached to an aromatic ring is 1. The minimum atomic E-state index is -0.443. The van der Waals surface area contributed by atoms with Gasteiger partial charge < -0.3 is 21.5 Å². The van der Waals surface area contributed by atoms with Crippen molar-refractivity contribution in [3.05, 3.63) is 125 Å². The summed E-state index contributed by atoms with van der Waals surface area (Å²) in [4.78, 5) is 23.5. The van der Waals surface area contributed by atoms with Gasteiger partial charge in [0.2, 0.25) is 5.91 Å². The number of carbonyl (C=O) groups is 2. The zero-order valence-corrected chi connectivity index (χ0v) is 20.3. The molecule has 0 spiro atoms. The van der Waals surface area contributed by atoms with Gasteiger partial charge in [-0.2, -0.15) is 0 Å². The average molecular weight is 480 g/mol. The topological polar surface area (TPSA) is 107 Å². The number of nitrogens with one attached hydrogen (secondary N) is 1. The molecule has 6 heteroatoms. The first-order chi connectivity index (χ1) is 17.4. The number of para-hydroxylation sites is 2. The van der Waals surface area contributed by atoms with Gasteiger partial charge in [-0.25, -0.2) is 0 Å². The number of methoxy groups -OCH3 is 1. The standard InChI is InChI=1S/C16H15NO2.C14H14N2O/c1-19-14-9-7-12(8-10-14)11-15(16(17)18)13-5-3-2-4-6-13;1-10-6-8-11(9-7-10)14(17)16-13-5-3-2-4-12(13)15/h2-11H,1H3,(H2,17,18);2-9H,15H2,1H3,(H,16,17)/b15-11+;. The second kappa shape index (κ2) is 12.6. The number of aryl methyl sites for hydroxylation is 1. The molecule has 0 aliphatic carbocycles. The minimum Gasteiger partial charge on any atom is -0.497 e. The molecule has 0 bridgehead atoms. The van der Waals surface area contributed by atoms with E-state index < -0.39 is 5.91 Å². The van der Waals surface area contributed by atoms with E-state index >= 15 is 0 Å². The van der Waals surface area contributed by atoms with Crippen LogP contribution in [-0.4, -0.2) is 18.9 Å². The van der Waals surface area contributed by atoms with Crippen LogP contribution in [0.15, 0.2) is 103 Å². The predicted octanol–water partition coefficient (Wildman–Crippen LogP) is 5.55. The quantitative estimate of drug-likeness (QED) is 0.191. The van der Waals surface area contributed by atoms with E-state index in [2.05, 4.69) is 5.32 Å². The second-order valence-corrected chi connectivity index (χ2v) is 7.97. The molecule has 0 unspecified atom stereocenters. The Balaban J connectivity index is 0.000000202. The number of anilines is 2. The number of primary amides is 1. The first kappa shape index (κ1) is 25.8. The first-order valence-electron chi connectivity index (χ1n) is 11.3. The average Bonchev–Trinajstić information content (AvgIpc) is 2.90. The fourth-order valence-corrected chi connectivity index (χ4v) is 3.29. The Morgan fingerprint density at radius 1 is 0.778 bits per heavy atom. The first-order valence-corrected chi connectivity index (χ1v) is 11.3. The van der Waals surface area contributed by atoms with Crippen molar-refractivity contribution in [2.45, 2.75) is 6.92 Å². The van der Waals surface area contributed by atoms with Gasteiger partial charge in [-0.3, -0.25) is 9.59 Å². The van der Waals surface area contributed by atoms with E-state index in [4.69, 9.17) is 16.2 Å². The minimum absolute atomic E-state index is 0.150. The van der Waals surface area contributed by atoms with Crippen molar-refractivity contribution >= 4 is 34.8 Å². The summed E-state index contributed by atoms with van der Waals surface area (Å²) in [6, 6.07) is 31.4. The van der Waals surface area contributed by atoms with Crippen molar-refractivity contribution < 1.29 is 14.3 Å². The van der Waals surface area contributed by atoms with Gasteiger partial charge in [-0.05, 0) is 60.5 Å². The number of hydrogen-bond acceptors (Lipinski definition) is 4. The SMILES string of the molecule is COc1ccc(/C=C(/C(N)=O)c2ccccc2)cc1.Cc1ccc(C(=O)Nc2ccccc2N)cc1. The van der Waals surface area contributed by atoms with Crippen molar-refractivity contribution in [3.8, 4) is 5.75 Å². The number of benzene rings is 4. The van der Waals surface area contributed by atoms with Gasteiger partial charge in [0.25, 0.3) is 5.91 Å². The van der Waals surface area contributed by atoms with Gasteiger partial charge in [-0.15, -0.1) is 0 Å². The Labute approximate surface area is 211 Å². The molecule has 182 valence electrons. The molecule has 0 atom stereocenters. The maximum Gasteiger partial charge on any atom is 0.255 e. The summed E-state index contributed by atoms with van der Waals surface area (Å²) in [7, 11) is 1.61. The third-order valence-corrected chi connectivity index (χ3v) is 5.30. The fraction of sp³-hybridized carbons (Fsp3) is 0.0667. The molecule has 0 radical (unpaired) electrons. The maximum absolute atomic E-state index is 11.9. The van der Waals surface area contributed by atoms with Crippen LogP contribution in [0.25, 0.3) is 11.6 Å². The van der Waals surface area contributed by atoms with Crippen molar-refractivity contribution in [1.82, 2.24) is 0 Å². The summed E-state index contributed by atoms with van der Waals surface area (Å²) in [5.74, 6) is 0.183. The second-order valence-electron chi connectivity index (χ2n) is 7.97. The van der Waals surface area contributed by atoms with Gasteiger partial charge in [0.05, 0.1) is 18.5 Å². The summed E-state index contributed by atoms with van der Waals surface area (Å²) in [5, 5.41) is 2.78. The van der Waals surface area contributed by atoms with Gasteiger partial charge in [0.15, 0.2) is 0 Å². The molecule has 36 heavy (non-hydrogen) atoms. The maximum atomic E-state index is 11.9. The lowest BCUT2D eigenvalue weighted by molar-refractivity contribution is -0.112. The number of rotatable bonds is 6. The van der Waals surface area contributed by atoms with E-state index in [-0.39, 0.29) is 5.91 Å². The number of hydrogen-bond donors (Lipinski definition) is 3. The van der Waals surface area contributed by atoms with Crippen molar-refractivity contribution in [2.75, 3.05) is 18.2 Å². The zero-order chi connectivity index (χ0) is 25.9. The van der Waals surface area contributed by atoms with Crippen LogP contribution in [0.4, 0.5) is 11.4 Å². The van der Waals surface area contributed by atoms with Crippen molar-refractivity contribution in [2.24, 2.45) is 5.73 Å². The Morgan fingerprint density at radius 3 is 1.97 bits per heavy atom. The lowest BCUT2D eigenvalue weighted by Gasteiger charge is -2.07. The van der Waals surface area contributed by atoms with E-state index in [1.54, 1.807) is 37.5 Å². The van der Waals surface area contributed by atoms with Gasteiger partial charge in [-0.1, -0.05) is 72.3 Å². The van der Waals surface area contributed by atoms with Crippen LogP contribution in [0, 0.1) is 6.92 Å². The van der Waals surface area contributed by atoms with Crippen LogP contribution in [0.2, 0.25) is 0 Å². The summed E-state index contributed by atoms with van der Waals surface area (Å²) >= 11 is 0. The molecule has 5 N–H and O–H groups in total. The molecule has 0 aromatic heterocycles. The number of nitrogens with two attached hydrogens (primary N) is 2. The van der Waals surface area contributed by atoms with Crippen LogP contribution in [0.5, 0.6) is 5.75 Å². The van der Waals surface area contributed by atoms with Gasteiger partial charge >= 0.3 is 0 Å². The highest BCUT2D eigenvalue weighted by Crippen LogP contribution is 2.20. The van der Waals surface area contributed by atoms with Gasteiger partial charge in [0.1, 0.15) is 5.75 Å². The molecule has 2 amide bonds. The molecule has 0 heterocycles. The monoisotopic (exact) mass is 479 g/mol. The Hall–Kier alpha value is -4.84. The normalized spacial score (nSPS) is 10.6. The molecule has 0 fully saturated rings. The Kier molecular flexibility index (Phi) is 9.00. The van der Waals surface area contributed by atoms with Crippen LogP contribution >= 0.6 is 0 Å². The molecule has 0 saturated carbocycles. The molecule has 0 aliphatic heterocycles. The van der Waals surface area contributed by atoms with Crippen LogP contribution < -0.4 is 21.5 Å². The molecule has 4 aromatic carbocycles. The highest BCUT2D eigenvalue weighted by molar-refractivity contribution is 6.23. The summed E-state index contributed by atoms with van der Waals surface area (Å²) in [6.07, 6.45) is 1.77. The molecular weight excluding hydrogens is 450 g/mol. The lowest BCUT2D eigenvalue weighted by atomic mass is 10.0. The van der Waals surface area contributed by atoms with Crippen LogP contribution in [0.3, 0.4) is 0 Å². The van der Waals surface area contributed by atoms with Crippen molar-refractivity contribution in [3.63, 3.8) is 0 Å². The van der Waals surface area contributed by atoms with Crippen LogP contribution in [0.1, 0.15) is 27.0 Å². The van der Waals surface area contributed by atoms with E-state index in [1.165, 1.54) is 0 Å². The molecule has 4 aromatic rings. The van der Waals surface area contributed by atoms with Crippen LogP contribution in [-0.2, 0) is 4.79 Å². The largest absolute Gasteiger partial charge is 0.497 e. The predicted molar refractivity (Wildman–Crippen MR) is 146 cm³/mol. The Bertz CT molecular complexity index is 1330. The smallest absolute Gasteiger partial charge is 0.255 e. The molecule has 4 rings (SSSR count). The highest BCUT2D eigenvalue weighted by Gasteiger charge is 2.08. The van der Waals surface area contributed by atoms with Crippen molar-refractivity contribution in [1.29, 1.82) is 0 Å². The third kappa shape index (κ3) is 7.33. The number of ether oxygens (including phenoxy) is 1. The van der Waals surface area contributed by atoms with E-state index in [0.717, 1.165) is 22.4 Å². The third-order valence-electron chi connectivity index (χ3n) is 5.30. The van der Waals surface area contributed by atoms with Gasteiger partial charge in [0, 0.05) is 11.1 Å². The molecule has 6 nitrogen and oxygen atoms in total. The zero-order valence-electron chi connectivity index (χ0n) is 20.3.